The molecule has 0 aromatic heterocycles. The number of rotatable bonds is 0. The van der Waals surface area contributed by atoms with Crippen molar-refractivity contribution in [2.24, 2.45) is 5.92 Å². The van der Waals surface area contributed by atoms with Gasteiger partial charge < -0.3 is 19.7 Å². The lowest BCUT2D eigenvalue weighted by molar-refractivity contribution is -0.248. The molecule has 22 heavy (non-hydrogen) atoms. The van der Waals surface area contributed by atoms with Gasteiger partial charge in [-0.05, 0) is 37.8 Å². The third kappa shape index (κ3) is 1.77. The molecule has 0 spiro atoms. The maximum absolute atomic E-state index is 11.0. The van der Waals surface area contributed by atoms with Crippen LogP contribution in [0.1, 0.15) is 68.2 Å². The van der Waals surface area contributed by atoms with Crippen LogP contribution in [0.4, 0.5) is 0 Å². The second-order valence-electron chi connectivity index (χ2n) is 7.20. The fourth-order valence-corrected chi connectivity index (χ4v) is 4.55. The van der Waals surface area contributed by atoms with Crippen molar-refractivity contribution in [1.82, 2.24) is 0 Å². The lowest BCUT2D eigenvalue weighted by Gasteiger charge is -2.51. The summed E-state index contributed by atoms with van der Waals surface area (Å²) >= 11 is 0. The number of hydrogen-bond acceptors (Lipinski definition) is 4. The molecular weight excluding hydrogens is 280 g/mol. The molecule has 0 radical (unpaired) electrons. The molecule has 0 amide bonds. The molecule has 0 bridgehead atoms. The lowest BCUT2D eigenvalue weighted by atomic mass is 9.71. The van der Waals surface area contributed by atoms with Gasteiger partial charge in [-0.3, -0.25) is 0 Å². The highest BCUT2D eigenvalue weighted by Crippen LogP contribution is 2.57. The highest BCUT2D eigenvalue weighted by atomic mass is 16.6. The number of phenols is 1. The van der Waals surface area contributed by atoms with Gasteiger partial charge in [0.15, 0.2) is 0 Å². The molecule has 2 N–H and O–H groups in total. The van der Waals surface area contributed by atoms with Crippen LogP contribution >= 0.6 is 0 Å². The Balaban J connectivity index is 1.95. The van der Waals surface area contributed by atoms with Gasteiger partial charge in [0.2, 0.25) is 5.79 Å². The van der Waals surface area contributed by atoms with Crippen molar-refractivity contribution in [3.8, 4) is 11.5 Å². The van der Waals surface area contributed by atoms with Gasteiger partial charge in [0, 0.05) is 24.0 Å². The summed E-state index contributed by atoms with van der Waals surface area (Å²) in [7, 11) is 0. The number of phenolic OH excluding ortho intramolecular Hbond substituents is 1. The number of aliphatic hydroxyl groups is 1. The molecule has 1 fully saturated rings. The Morgan fingerprint density at radius 2 is 2.00 bits per heavy atom. The normalized spacial score (nSPS) is 39.6. The zero-order valence-corrected chi connectivity index (χ0v) is 13.4. The maximum Gasteiger partial charge on any atom is 0.213 e. The predicted molar refractivity (Wildman–Crippen MR) is 82.1 cm³/mol. The molecule has 120 valence electrons. The predicted octanol–water partition coefficient (Wildman–Crippen LogP) is 3.54. The molecule has 4 rings (SSSR count). The molecule has 1 aromatic rings. The monoisotopic (exact) mass is 304 g/mol. The third-order valence-electron chi connectivity index (χ3n) is 5.95. The van der Waals surface area contributed by atoms with Gasteiger partial charge in [0.05, 0.1) is 18.1 Å². The van der Waals surface area contributed by atoms with E-state index in [-0.39, 0.29) is 29.8 Å². The second-order valence-corrected chi connectivity index (χ2v) is 7.20. The standard InChI is InChI=1S/C18H24O4/c1-9-11(3)21-17-12-6-4-5-7-18(12,20)22-14-8-13(19)10(2)15(9)16(14)17/h8-9,11-12,17,19-20H,4-7H2,1-3H3/t9-,11-,12+,17+,18-/m1/s1. The van der Waals surface area contributed by atoms with Gasteiger partial charge in [-0.15, -0.1) is 0 Å². The van der Waals surface area contributed by atoms with Crippen molar-refractivity contribution in [2.45, 2.75) is 70.4 Å². The topological polar surface area (TPSA) is 58.9 Å². The minimum absolute atomic E-state index is 0.0219. The molecule has 2 heterocycles. The number of fused-ring (bicyclic) bond motifs is 2. The van der Waals surface area contributed by atoms with Crippen LogP contribution < -0.4 is 4.74 Å². The smallest absolute Gasteiger partial charge is 0.213 e. The van der Waals surface area contributed by atoms with E-state index in [1.807, 2.05) is 6.92 Å². The van der Waals surface area contributed by atoms with Crippen LogP contribution in [0, 0.1) is 12.8 Å². The zero-order valence-electron chi connectivity index (χ0n) is 13.4. The Morgan fingerprint density at radius 3 is 2.77 bits per heavy atom. The molecule has 1 saturated carbocycles. The van der Waals surface area contributed by atoms with Crippen LogP contribution in [0.5, 0.6) is 11.5 Å². The molecule has 0 saturated heterocycles. The number of benzene rings is 1. The summed E-state index contributed by atoms with van der Waals surface area (Å²) in [4.78, 5) is 0. The number of aromatic hydroxyl groups is 1. The molecule has 3 aliphatic rings. The van der Waals surface area contributed by atoms with Gasteiger partial charge in [0.25, 0.3) is 0 Å². The van der Waals surface area contributed by atoms with Gasteiger partial charge >= 0.3 is 0 Å². The Labute approximate surface area is 131 Å². The van der Waals surface area contributed by atoms with Crippen LogP contribution in [-0.2, 0) is 4.74 Å². The Kier molecular flexibility index (Phi) is 3.01. The number of hydrogen-bond donors (Lipinski definition) is 2. The summed E-state index contributed by atoms with van der Waals surface area (Å²) in [5.41, 5.74) is 3.11. The van der Waals surface area contributed by atoms with E-state index in [0.29, 0.717) is 12.2 Å². The van der Waals surface area contributed by atoms with Gasteiger partial charge in [-0.25, -0.2) is 0 Å². The first kappa shape index (κ1) is 14.3. The molecule has 2 aliphatic heterocycles. The van der Waals surface area contributed by atoms with E-state index in [4.69, 9.17) is 9.47 Å². The van der Waals surface area contributed by atoms with Gasteiger partial charge in [-0.1, -0.05) is 13.3 Å². The number of ether oxygens (including phenoxy) is 2. The SMILES string of the molecule is Cc1c(O)cc2c3c1[C@H](C)[C@@H](C)O[C@H]3[C@@H]1CCCC[C@@]1(O)O2. The average Bonchev–Trinajstić information content (AvgIpc) is 2.47. The van der Waals surface area contributed by atoms with Crippen molar-refractivity contribution >= 4 is 0 Å². The summed E-state index contributed by atoms with van der Waals surface area (Å²) in [6.45, 7) is 6.16. The second kappa shape index (κ2) is 4.62. The van der Waals surface area contributed by atoms with E-state index in [0.717, 1.165) is 36.0 Å². The summed E-state index contributed by atoms with van der Waals surface area (Å²) in [5, 5.41) is 21.3. The molecule has 1 aliphatic carbocycles. The summed E-state index contributed by atoms with van der Waals surface area (Å²) < 4.78 is 12.3. The molecule has 4 nitrogen and oxygen atoms in total. The van der Waals surface area contributed by atoms with Crippen LogP contribution in [-0.4, -0.2) is 22.1 Å². The fraction of sp³-hybridized carbons (Fsp3) is 0.667. The summed E-state index contributed by atoms with van der Waals surface area (Å²) in [6.07, 6.45) is 3.55. The van der Waals surface area contributed by atoms with Crippen molar-refractivity contribution < 1.29 is 19.7 Å². The van der Waals surface area contributed by atoms with Crippen molar-refractivity contribution in [3.05, 3.63) is 22.8 Å². The largest absolute Gasteiger partial charge is 0.508 e. The van der Waals surface area contributed by atoms with E-state index in [9.17, 15) is 10.2 Å². The fourth-order valence-electron chi connectivity index (χ4n) is 4.55. The van der Waals surface area contributed by atoms with Crippen molar-refractivity contribution in [1.29, 1.82) is 0 Å². The lowest BCUT2D eigenvalue weighted by Crippen LogP contribution is -2.53. The minimum Gasteiger partial charge on any atom is -0.508 e. The summed E-state index contributed by atoms with van der Waals surface area (Å²) in [5.74, 6) is -0.134. The molecule has 0 unspecified atom stereocenters. The van der Waals surface area contributed by atoms with E-state index in [2.05, 4.69) is 13.8 Å². The first-order valence-corrected chi connectivity index (χ1v) is 8.35. The minimum atomic E-state index is -1.16. The first-order chi connectivity index (χ1) is 10.4. The first-order valence-electron chi connectivity index (χ1n) is 8.35. The van der Waals surface area contributed by atoms with E-state index in [1.165, 1.54) is 0 Å². The maximum atomic E-state index is 11.0. The third-order valence-corrected chi connectivity index (χ3v) is 5.95. The van der Waals surface area contributed by atoms with E-state index < -0.39 is 5.79 Å². The zero-order chi connectivity index (χ0) is 15.6. The van der Waals surface area contributed by atoms with Crippen LogP contribution in [0.25, 0.3) is 0 Å². The van der Waals surface area contributed by atoms with Crippen LogP contribution in [0.3, 0.4) is 0 Å². The van der Waals surface area contributed by atoms with Crippen LogP contribution in [0.15, 0.2) is 6.07 Å². The molecule has 5 atom stereocenters. The van der Waals surface area contributed by atoms with Gasteiger partial charge in [-0.2, -0.15) is 0 Å². The molecular formula is C18H24O4. The Hall–Kier alpha value is -1.26. The Bertz CT molecular complexity index is 626. The molecule has 4 heteroatoms. The van der Waals surface area contributed by atoms with E-state index >= 15 is 0 Å². The van der Waals surface area contributed by atoms with Gasteiger partial charge in [0.1, 0.15) is 11.5 Å². The molecule has 1 aromatic carbocycles. The van der Waals surface area contributed by atoms with Crippen molar-refractivity contribution in [3.63, 3.8) is 0 Å². The van der Waals surface area contributed by atoms with E-state index in [1.54, 1.807) is 6.07 Å². The highest BCUT2D eigenvalue weighted by Gasteiger charge is 2.54. The quantitative estimate of drug-likeness (QED) is 0.770. The van der Waals surface area contributed by atoms with Crippen LogP contribution in [0.2, 0.25) is 0 Å². The van der Waals surface area contributed by atoms with Crippen molar-refractivity contribution in [2.75, 3.05) is 0 Å². The average molecular weight is 304 g/mol. The highest BCUT2D eigenvalue weighted by molar-refractivity contribution is 5.56. The Morgan fingerprint density at radius 1 is 1.23 bits per heavy atom. The summed E-state index contributed by atoms with van der Waals surface area (Å²) in [6, 6.07) is 1.65.